The Balaban J connectivity index is 1.62. The Kier molecular flexibility index (Phi) is 7.74. The van der Waals surface area contributed by atoms with Crippen LogP contribution in [0, 0.1) is 11.8 Å². The molecule has 3 rings (SSSR count). The molecule has 2 aliphatic rings. The zero-order valence-corrected chi connectivity index (χ0v) is 18.6. The molecular formula is C23H34O7. The molecule has 168 valence electrons. The Hall–Kier alpha value is -1.67. The van der Waals surface area contributed by atoms with Crippen LogP contribution < -0.4 is 4.74 Å². The van der Waals surface area contributed by atoms with Crippen LogP contribution in [0.1, 0.15) is 39.7 Å². The maximum atomic E-state index is 12.1. The average molecular weight is 423 g/mol. The van der Waals surface area contributed by atoms with Gasteiger partial charge in [0.1, 0.15) is 11.9 Å². The number of carbonyl (C=O) groups excluding carboxylic acids is 1. The molecule has 1 aromatic carbocycles. The fourth-order valence-electron chi connectivity index (χ4n) is 4.19. The summed E-state index contributed by atoms with van der Waals surface area (Å²) in [4.78, 5) is 12.1. The molecule has 0 amide bonds. The topological polar surface area (TPSA) is 72.5 Å². The Bertz CT molecular complexity index is 687. The van der Waals surface area contributed by atoms with E-state index in [1.165, 1.54) is 0 Å². The minimum Gasteiger partial charge on any atom is -0.497 e. The van der Waals surface area contributed by atoms with Gasteiger partial charge in [0.15, 0.2) is 5.79 Å². The average Bonchev–Trinajstić information content (AvgIpc) is 3.22. The lowest BCUT2D eigenvalue weighted by molar-refractivity contribution is -0.161. The van der Waals surface area contributed by atoms with E-state index in [4.69, 9.17) is 28.4 Å². The van der Waals surface area contributed by atoms with Crippen molar-refractivity contribution >= 4 is 5.97 Å². The second-order valence-electron chi connectivity index (χ2n) is 8.40. The standard InChI is InChI=1S/C23H34O7/c1-6-27-21(24)11-19-18(13-26-12-16-7-9-17(25-5)10-8-16)15(2)22(29-19)20-14-28-23(3,4)30-20/h7-10,15,18-20,22H,6,11-14H2,1-5H3/t15-,18-,19+,20-,22?/m1/s1. The Morgan fingerprint density at radius 2 is 1.97 bits per heavy atom. The minimum absolute atomic E-state index is 0.0602. The van der Waals surface area contributed by atoms with Gasteiger partial charge >= 0.3 is 5.97 Å². The highest BCUT2D eigenvalue weighted by Crippen LogP contribution is 2.40. The molecule has 2 saturated heterocycles. The van der Waals surface area contributed by atoms with Crippen molar-refractivity contribution < 1.29 is 33.2 Å². The lowest BCUT2D eigenvalue weighted by Gasteiger charge is -2.24. The number of ether oxygens (including phenoxy) is 6. The quantitative estimate of drug-likeness (QED) is 0.565. The first-order chi connectivity index (χ1) is 14.3. The van der Waals surface area contributed by atoms with Crippen LogP contribution in [0.5, 0.6) is 5.75 Å². The first-order valence-electron chi connectivity index (χ1n) is 10.7. The highest BCUT2D eigenvalue weighted by Gasteiger charge is 2.49. The van der Waals surface area contributed by atoms with Crippen LogP contribution >= 0.6 is 0 Å². The van der Waals surface area contributed by atoms with Crippen molar-refractivity contribution in [3.05, 3.63) is 29.8 Å². The second kappa shape index (κ2) is 10.1. The van der Waals surface area contributed by atoms with E-state index in [0.717, 1.165) is 11.3 Å². The van der Waals surface area contributed by atoms with Gasteiger partial charge in [-0.2, -0.15) is 0 Å². The van der Waals surface area contributed by atoms with Gasteiger partial charge in [0.25, 0.3) is 0 Å². The Morgan fingerprint density at radius 3 is 2.57 bits per heavy atom. The van der Waals surface area contributed by atoms with Gasteiger partial charge < -0.3 is 28.4 Å². The molecular weight excluding hydrogens is 388 g/mol. The summed E-state index contributed by atoms with van der Waals surface area (Å²) in [5.74, 6) is 0.163. The van der Waals surface area contributed by atoms with Crippen molar-refractivity contribution in [1.82, 2.24) is 0 Å². The highest BCUT2D eigenvalue weighted by atomic mass is 16.7. The molecule has 2 heterocycles. The molecule has 30 heavy (non-hydrogen) atoms. The molecule has 0 aliphatic carbocycles. The van der Waals surface area contributed by atoms with Crippen LogP contribution in [0.15, 0.2) is 24.3 Å². The van der Waals surface area contributed by atoms with Crippen molar-refractivity contribution in [3.8, 4) is 5.75 Å². The largest absolute Gasteiger partial charge is 0.497 e. The number of carbonyl (C=O) groups is 1. The van der Waals surface area contributed by atoms with Crippen molar-refractivity contribution in [1.29, 1.82) is 0 Å². The molecule has 2 aliphatic heterocycles. The normalized spacial score (nSPS) is 30.4. The predicted molar refractivity (Wildman–Crippen MR) is 110 cm³/mol. The molecule has 0 bridgehead atoms. The Morgan fingerprint density at radius 1 is 1.23 bits per heavy atom. The fourth-order valence-corrected chi connectivity index (χ4v) is 4.19. The van der Waals surface area contributed by atoms with E-state index in [1.807, 2.05) is 38.1 Å². The van der Waals surface area contributed by atoms with Gasteiger partial charge in [-0.05, 0) is 44.4 Å². The van der Waals surface area contributed by atoms with Gasteiger partial charge in [-0.15, -0.1) is 0 Å². The summed E-state index contributed by atoms with van der Waals surface area (Å²) < 4.78 is 34.4. The minimum atomic E-state index is -0.618. The van der Waals surface area contributed by atoms with Gasteiger partial charge in [-0.3, -0.25) is 4.79 Å². The number of esters is 1. The zero-order chi connectivity index (χ0) is 21.7. The molecule has 2 fully saturated rings. The monoisotopic (exact) mass is 422 g/mol. The summed E-state index contributed by atoms with van der Waals surface area (Å²) in [5.41, 5.74) is 1.06. The van der Waals surface area contributed by atoms with Crippen molar-refractivity contribution in [2.24, 2.45) is 11.8 Å². The number of methoxy groups -OCH3 is 1. The van der Waals surface area contributed by atoms with Crippen molar-refractivity contribution in [2.45, 2.75) is 64.8 Å². The molecule has 0 radical (unpaired) electrons. The molecule has 0 aromatic heterocycles. The van der Waals surface area contributed by atoms with Gasteiger partial charge in [0.05, 0.1) is 52.2 Å². The molecule has 7 nitrogen and oxygen atoms in total. The summed E-state index contributed by atoms with van der Waals surface area (Å²) in [6.07, 6.45) is -0.373. The summed E-state index contributed by atoms with van der Waals surface area (Å²) in [6.45, 7) is 9.55. The highest BCUT2D eigenvalue weighted by molar-refractivity contribution is 5.70. The first-order valence-corrected chi connectivity index (χ1v) is 10.7. The van der Waals surface area contributed by atoms with Crippen LogP contribution in [-0.2, 0) is 35.1 Å². The van der Waals surface area contributed by atoms with Gasteiger partial charge in [0, 0.05) is 5.92 Å². The predicted octanol–water partition coefficient (Wildman–Crippen LogP) is 3.34. The van der Waals surface area contributed by atoms with Crippen LogP contribution in [0.3, 0.4) is 0 Å². The Labute approximate surface area is 178 Å². The lowest BCUT2D eigenvalue weighted by Crippen LogP contribution is -2.35. The lowest BCUT2D eigenvalue weighted by atomic mass is 9.86. The molecule has 5 atom stereocenters. The third kappa shape index (κ3) is 5.72. The van der Waals surface area contributed by atoms with Crippen LogP contribution in [0.4, 0.5) is 0 Å². The first kappa shape index (κ1) is 23.0. The molecule has 1 aromatic rings. The maximum absolute atomic E-state index is 12.1. The van der Waals surface area contributed by atoms with Crippen molar-refractivity contribution in [2.75, 3.05) is 26.9 Å². The molecule has 0 N–H and O–H groups in total. The summed E-state index contributed by atoms with van der Waals surface area (Å²) >= 11 is 0. The number of hydrogen-bond donors (Lipinski definition) is 0. The van der Waals surface area contributed by atoms with Crippen LogP contribution in [-0.4, -0.2) is 57.0 Å². The van der Waals surface area contributed by atoms with Crippen molar-refractivity contribution in [3.63, 3.8) is 0 Å². The van der Waals surface area contributed by atoms with E-state index in [9.17, 15) is 4.79 Å². The third-order valence-electron chi connectivity index (χ3n) is 5.81. The van der Waals surface area contributed by atoms with Crippen LogP contribution in [0.2, 0.25) is 0 Å². The van der Waals surface area contributed by atoms with Gasteiger partial charge in [0.2, 0.25) is 0 Å². The molecule has 0 saturated carbocycles. The maximum Gasteiger partial charge on any atom is 0.308 e. The molecule has 0 spiro atoms. The molecule has 7 heteroatoms. The number of rotatable bonds is 9. The SMILES string of the molecule is CCOC(=O)C[C@@H]1OC([C@H]2COC(C)(C)O2)[C@H](C)[C@H]1COCc1ccc(OC)cc1. The zero-order valence-electron chi connectivity index (χ0n) is 18.6. The summed E-state index contributed by atoms with van der Waals surface area (Å²) in [7, 11) is 1.65. The van der Waals surface area contributed by atoms with E-state index in [1.54, 1.807) is 14.0 Å². The number of hydrogen-bond acceptors (Lipinski definition) is 7. The van der Waals surface area contributed by atoms with Gasteiger partial charge in [-0.1, -0.05) is 19.1 Å². The van der Waals surface area contributed by atoms with E-state index >= 15 is 0 Å². The number of benzene rings is 1. The third-order valence-corrected chi connectivity index (χ3v) is 5.81. The van der Waals surface area contributed by atoms with Gasteiger partial charge in [-0.25, -0.2) is 0 Å². The second-order valence-corrected chi connectivity index (χ2v) is 8.40. The van der Waals surface area contributed by atoms with E-state index in [-0.39, 0.29) is 42.5 Å². The smallest absolute Gasteiger partial charge is 0.308 e. The van der Waals surface area contributed by atoms with Crippen LogP contribution in [0.25, 0.3) is 0 Å². The molecule has 1 unspecified atom stereocenters. The summed E-state index contributed by atoms with van der Waals surface area (Å²) in [5, 5.41) is 0. The fraction of sp³-hybridized carbons (Fsp3) is 0.696. The van der Waals surface area contributed by atoms with E-state index in [0.29, 0.717) is 26.4 Å². The van der Waals surface area contributed by atoms with E-state index < -0.39 is 5.79 Å². The van der Waals surface area contributed by atoms with E-state index in [2.05, 4.69) is 6.92 Å². The summed E-state index contributed by atoms with van der Waals surface area (Å²) in [6, 6.07) is 7.80.